The second-order valence-corrected chi connectivity index (χ2v) is 7.70. The number of rotatable bonds is 3. The number of carboxylic acids is 1. The molecule has 118 valence electrons. The zero-order valence-electron chi connectivity index (χ0n) is 12.5. The first-order valence-corrected chi connectivity index (χ1v) is 8.43. The van der Waals surface area contributed by atoms with E-state index < -0.39 is 21.9 Å². The van der Waals surface area contributed by atoms with E-state index in [1.807, 2.05) is 13.0 Å². The zero-order chi connectivity index (χ0) is 16.5. The van der Waals surface area contributed by atoms with Gasteiger partial charge in [-0.25, -0.2) is 8.42 Å². The van der Waals surface area contributed by atoms with Gasteiger partial charge in [0.15, 0.2) is 0 Å². The van der Waals surface area contributed by atoms with Crippen molar-refractivity contribution in [2.24, 2.45) is 11.8 Å². The molecule has 7 heteroatoms. The monoisotopic (exact) mass is 322 g/mol. The quantitative estimate of drug-likeness (QED) is 0.911. The number of piperidine rings is 1. The van der Waals surface area contributed by atoms with Gasteiger partial charge in [-0.15, -0.1) is 0 Å². The summed E-state index contributed by atoms with van der Waals surface area (Å²) in [6.45, 7) is 3.78. The van der Waals surface area contributed by atoms with Crippen LogP contribution in [0.15, 0.2) is 23.1 Å². The number of benzene rings is 1. The fourth-order valence-electron chi connectivity index (χ4n) is 2.83. The van der Waals surface area contributed by atoms with Gasteiger partial charge in [0.2, 0.25) is 10.0 Å². The van der Waals surface area contributed by atoms with Gasteiger partial charge in [-0.1, -0.05) is 6.92 Å². The van der Waals surface area contributed by atoms with E-state index in [4.69, 9.17) is 5.26 Å². The van der Waals surface area contributed by atoms with Crippen LogP contribution in [0.4, 0.5) is 0 Å². The smallest absolute Gasteiger partial charge is 0.307 e. The first-order chi connectivity index (χ1) is 10.3. The molecular weight excluding hydrogens is 304 g/mol. The Bertz CT molecular complexity index is 736. The molecule has 1 aliphatic rings. The van der Waals surface area contributed by atoms with Crippen molar-refractivity contribution in [2.75, 3.05) is 13.1 Å². The van der Waals surface area contributed by atoms with Crippen LogP contribution in [0.1, 0.15) is 24.5 Å². The lowest BCUT2D eigenvalue weighted by Crippen LogP contribution is -2.45. The molecule has 22 heavy (non-hydrogen) atoms. The third-order valence-electron chi connectivity index (χ3n) is 3.90. The van der Waals surface area contributed by atoms with E-state index in [1.165, 1.54) is 22.5 Å². The van der Waals surface area contributed by atoms with Crippen LogP contribution in [-0.4, -0.2) is 36.9 Å². The Hall–Kier alpha value is -1.91. The van der Waals surface area contributed by atoms with Gasteiger partial charge in [-0.2, -0.15) is 9.57 Å². The summed E-state index contributed by atoms with van der Waals surface area (Å²) in [5, 5.41) is 18.0. The second kappa shape index (κ2) is 6.07. The molecule has 0 saturated carbocycles. The Morgan fingerprint density at radius 2 is 2.09 bits per heavy atom. The molecule has 0 aromatic heterocycles. The fraction of sp³-hybridized carbons (Fsp3) is 0.467. The molecule has 1 aromatic rings. The topological polar surface area (TPSA) is 98.5 Å². The normalized spacial score (nSPS) is 23.0. The van der Waals surface area contributed by atoms with E-state index in [0.29, 0.717) is 24.1 Å². The fourth-order valence-corrected chi connectivity index (χ4v) is 4.64. The van der Waals surface area contributed by atoms with Gasteiger partial charge in [-0.05, 0) is 43.0 Å². The SMILES string of the molecule is Cc1cc(C#N)ccc1S(=O)(=O)N1CC(C)CC(C(=O)O)C1. The highest BCUT2D eigenvalue weighted by molar-refractivity contribution is 7.89. The van der Waals surface area contributed by atoms with Crippen molar-refractivity contribution in [3.05, 3.63) is 29.3 Å². The average molecular weight is 322 g/mol. The summed E-state index contributed by atoms with van der Waals surface area (Å²) in [6, 6.07) is 6.37. The summed E-state index contributed by atoms with van der Waals surface area (Å²) >= 11 is 0. The molecule has 2 atom stereocenters. The molecule has 0 spiro atoms. The van der Waals surface area contributed by atoms with Crippen LogP contribution in [0.3, 0.4) is 0 Å². The summed E-state index contributed by atoms with van der Waals surface area (Å²) in [5.74, 6) is -1.66. The number of nitriles is 1. The Balaban J connectivity index is 2.38. The molecule has 1 heterocycles. The number of sulfonamides is 1. The van der Waals surface area contributed by atoms with E-state index >= 15 is 0 Å². The first-order valence-electron chi connectivity index (χ1n) is 6.99. The van der Waals surface area contributed by atoms with Gasteiger partial charge < -0.3 is 5.11 Å². The minimum atomic E-state index is -3.76. The summed E-state index contributed by atoms with van der Waals surface area (Å²) < 4.78 is 26.8. The number of hydrogen-bond donors (Lipinski definition) is 1. The van der Waals surface area contributed by atoms with E-state index in [9.17, 15) is 18.3 Å². The maximum absolute atomic E-state index is 12.8. The molecule has 1 aliphatic heterocycles. The van der Waals surface area contributed by atoms with E-state index in [2.05, 4.69) is 0 Å². The van der Waals surface area contributed by atoms with Crippen molar-refractivity contribution < 1.29 is 18.3 Å². The van der Waals surface area contributed by atoms with Crippen molar-refractivity contribution in [3.8, 4) is 6.07 Å². The molecule has 1 saturated heterocycles. The molecule has 0 aliphatic carbocycles. The summed E-state index contributed by atoms with van der Waals surface area (Å²) in [5.41, 5.74) is 0.885. The van der Waals surface area contributed by atoms with Crippen molar-refractivity contribution in [2.45, 2.75) is 25.2 Å². The average Bonchev–Trinajstić information content (AvgIpc) is 2.46. The second-order valence-electron chi connectivity index (χ2n) is 5.79. The van der Waals surface area contributed by atoms with Crippen molar-refractivity contribution in [1.29, 1.82) is 5.26 Å². The molecule has 1 N–H and O–H groups in total. The minimum absolute atomic E-state index is 0.0108. The van der Waals surface area contributed by atoms with Gasteiger partial charge in [0.25, 0.3) is 0 Å². The number of aliphatic carboxylic acids is 1. The lowest BCUT2D eigenvalue weighted by molar-refractivity contribution is -0.143. The lowest BCUT2D eigenvalue weighted by atomic mass is 9.92. The van der Waals surface area contributed by atoms with Crippen LogP contribution in [0.2, 0.25) is 0 Å². The molecule has 1 fully saturated rings. The molecule has 1 aromatic carbocycles. The molecule has 2 rings (SSSR count). The van der Waals surface area contributed by atoms with Crippen molar-refractivity contribution in [1.82, 2.24) is 4.31 Å². The van der Waals surface area contributed by atoms with Crippen LogP contribution in [0, 0.1) is 30.1 Å². The molecule has 0 amide bonds. The number of nitrogens with zero attached hydrogens (tertiary/aromatic N) is 2. The van der Waals surface area contributed by atoms with Crippen LogP contribution < -0.4 is 0 Å². The van der Waals surface area contributed by atoms with Crippen LogP contribution in [0.5, 0.6) is 0 Å². The van der Waals surface area contributed by atoms with Gasteiger partial charge in [-0.3, -0.25) is 4.79 Å². The molecular formula is C15H18N2O4S. The Labute approximate surface area is 130 Å². The Morgan fingerprint density at radius 1 is 1.41 bits per heavy atom. The molecule has 2 unspecified atom stereocenters. The van der Waals surface area contributed by atoms with E-state index in [-0.39, 0.29) is 17.4 Å². The number of carbonyl (C=O) groups is 1. The Kier molecular flexibility index (Phi) is 4.54. The summed E-state index contributed by atoms with van der Waals surface area (Å²) in [7, 11) is -3.76. The predicted octanol–water partition coefficient (Wildman–Crippen LogP) is 1.60. The maximum Gasteiger partial charge on any atom is 0.307 e. The highest BCUT2D eigenvalue weighted by Gasteiger charge is 2.36. The van der Waals surface area contributed by atoms with E-state index in [1.54, 1.807) is 6.92 Å². The van der Waals surface area contributed by atoms with Gasteiger partial charge in [0, 0.05) is 13.1 Å². The predicted molar refractivity (Wildman–Crippen MR) is 79.6 cm³/mol. The van der Waals surface area contributed by atoms with E-state index in [0.717, 1.165) is 0 Å². The summed E-state index contributed by atoms with van der Waals surface area (Å²) in [4.78, 5) is 11.3. The molecule has 0 bridgehead atoms. The highest BCUT2D eigenvalue weighted by atomic mass is 32.2. The number of carboxylic acid groups (broad SMARTS) is 1. The molecule has 6 nitrogen and oxygen atoms in total. The molecule has 0 radical (unpaired) electrons. The van der Waals surface area contributed by atoms with Gasteiger partial charge >= 0.3 is 5.97 Å². The van der Waals surface area contributed by atoms with Crippen LogP contribution in [-0.2, 0) is 14.8 Å². The standard InChI is InChI=1S/C15H18N2O4S/c1-10-5-13(15(18)19)9-17(8-10)22(20,21)14-4-3-12(7-16)6-11(14)2/h3-4,6,10,13H,5,8-9H2,1-2H3,(H,18,19). The van der Waals surface area contributed by atoms with Crippen LogP contribution >= 0.6 is 0 Å². The zero-order valence-corrected chi connectivity index (χ0v) is 13.3. The highest BCUT2D eigenvalue weighted by Crippen LogP contribution is 2.28. The third kappa shape index (κ3) is 3.13. The third-order valence-corrected chi connectivity index (χ3v) is 5.89. The number of aryl methyl sites for hydroxylation is 1. The maximum atomic E-state index is 12.8. The van der Waals surface area contributed by atoms with Gasteiger partial charge in [0.1, 0.15) is 0 Å². The van der Waals surface area contributed by atoms with Crippen molar-refractivity contribution >= 4 is 16.0 Å². The van der Waals surface area contributed by atoms with Crippen molar-refractivity contribution in [3.63, 3.8) is 0 Å². The number of hydrogen-bond acceptors (Lipinski definition) is 4. The van der Waals surface area contributed by atoms with Gasteiger partial charge in [0.05, 0.1) is 22.4 Å². The van der Waals surface area contributed by atoms with Crippen LogP contribution in [0.25, 0.3) is 0 Å². The minimum Gasteiger partial charge on any atom is -0.481 e. The summed E-state index contributed by atoms with van der Waals surface area (Å²) in [6.07, 6.45) is 0.480. The largest absolute Gasteiger partial charge is 0.481 e. The lowest BCUT2D eigenvalue weighted by Gasteiger charge is -2.34. The Morgan fingerprint density at radius 3 is 2.64 bits per heavy atom. The first kappa shape index (κ1) is 16.5.